The topological polar surface area (TPSA) is 79.2 Å². The van der Waals surface area contributed by atoms with Crippen molar-refractivity contribution in [3.05, 3.63) is 47.7 Å². The molecule has 2 aliphatic heterocycles. The highest BCUT2D eigenvalue weighted by molar-refractivity contribution is 5.96. The van der Waals surface area contributed by atoms with Crippen molar-refractivity contribution in [1.29, 1.82) is 0 Å². The molecule has 1 amide bonds. The molecule has 0 spiro atoms. The van der Waals surface area contributed by atoms with Crippen LogP contribution in [-0.2, 0) is 4.79 Å². The van der Waals surface area contributed by atoms with E-state index in [0.29, 0.717) is 11.5 Å². The zero-order valence-electron chi connectivity index (χ0n) is 14.4. The van der Waals surface area contributed by atoms with Gasteiger partial charge in [0, 0.05) is 44.3 Å². The molecule has 0 saturated carbocycles. The number of pyridine rings is 1. The Bertz CT molecular complexity index is 805. The average molecular weight is 339 g/mol. The van der Waals surface area contributed by atoms with Crippen molar-refractivity contribution in [3.63, 3.8) is 0 Å². The van der Waals surface area contributed by atoms with E-state index in [2.05, 4.69) is 32.3 Å². The Hall–Kier alpha value is -2.74. The highest BCUT2D eigenvalue weighted by Crippen LogP contribution is 2.35. The second-order valence-corrected chi connectivity index (χ2v) is 6.48. The van der Waals surface area contributed by atoms with Crippen molar-refractivity contribution in [2.45, 2.75) is 13.0 Å². The van der Waals surface area contributed by atoms with E-state index in [9.17, 15) is 4.79 Å². The molecule has 8 heteroatoms. The van der Waals surface area contributed by atoms with Crippen molar-refractivity contribution in [1.82, 2.24) is 29.5 Å². The summed E-state index contributed by atoms with van der Waals surface area (Å²) in [5.41, 5.74) is 2.45. The quantitative estimate of drug-likeness (QED) is 0.869. The first-order chi connectivity index (χ1) is 12.1. The van der Waals surface area contributed by atoms with E-state index in [1.807, 2.05) is 24.0 Å². The molecule has 4 heterocycles. The molecule has 0 aliphatic carbocycles. The Balaban J connectivity index is 1.74. The van der Waals surface area contributed by atoms with Crippen LogP contribution in [0.5, 0.6) is 0 Å². The summed E-state index contributed by atoms with van der Waals surface area (Å²) in [5, 5.41) is 7.55. The minimum Gasteiger partial charge on any atom is -0.336 e. The normalized spacial score (nSPS) is 21.0. The molecule has 0 radical (unpaired) electrons. The number of likely N-dealkylation sites (N-methyl/N-ethyl adjacent to an activating group) is 1. The maximum atomic E-state index is 13.3. The molecule has 2 aromatic rings. The number of hydrogen-bond donors (Lipinski definition) is 1. The number of carbonyl (C=O) groups excluding carboxylic acids is 1. The van der Waals surface area contributed by atoms with Crippen molar-refractivity contribution < 1.29 is 4.79 Å². The summed E-state index contributed by atoms with van der Waals surface area (Å²) in [6, 6.07) is 3.53. The average Bonchev–Trinajstić information content (AvgIpc) is 3.09. The van der Waals surface area contributed by atoms with Gasteiger partial charge < -0.3 is 15.1 Å². The number of rotatable bonds is 2. The highest BCUT2D eigenvalue weighted by atomic mass is 16.2. The van der Waals surface area contributed by atoms with Crippen LogP contribution >= 0.6 is 0 Å². The molecule has 2 aromatic heterocycles. The first kappa shape index (κ1) is 15.8. The summed E-state index contributed by atoms with van der Waals surface area (Å²) >= 11 is 0. The van der Waals surface area contributed by atoms with Gasteiger partial charge in [-0.1, -0.05) is 6.07 Å². The second kappa shape index (κ2) is 6.29. The van der Waals surface area contributed by atoms with E-state index in [1.54, 1.807) is 17.1 Å². The van der Waals surface area contributed by atoms with E-state index >= 15 is 0 Å². The fourth-order valence-electron chi connectivity index (χ4n) is 3.39. The molecular weight excluding hydrogens is 318 g/mol. The summed E-state index contributed by atoms with van der Waals surface area (Å²) in [7, 11) is 2.08. The number of piperazine rings is 1. The Kier molecular flexibility index (Phi) is 3.96. The number of carbonyl (C=O) groups is 1. The first-order valence-corrected chi connectivity index (χ1v) is 8.40. The number of fused-ring (bicyclic) bond motifs is 1. The van der Waals surface area contributed by atoms with Gasteiger partial charge in [-0.05, 0) is 25.6 Å². The zero-order valence-corrected chi connectivity index (χ0v) is 14.4. The van der Waals surface area contributed by atoms with Gasteiger partial charge in [0.25, 0.3) is 5.91 Å². The van der Waals surface area contributed by atoms with Gasteiger partial charge in [0.2, 0.25) is 5.95 Å². The molecule has 1 atom stereocenters. The third kappa shape index (κ3) is 2.78. The number of amides is 1. The van der Waals surface area contributed by atoms with Crippen molar-refractivity contribution in [2.75, 3.05) is 38.5 Å². The van der Waals surface area contributed by atoms with Crippen LogP contribution in [-0.4, -0.2) is 68.7 Å². The molecule has 4 rings (SSSR count). The van der Waals surface area contributed by atoms with E-state index in [4.69, 9.17) is 0 Å². The Morgan fingerprint density at radius 2 is 2.08 bits per heavy atom. The predicted octanol–water partition coefficient (Wildman–Crippen LogP) is 0.736. The smallest absolute Gasteiger partial charge is 0.254 e. The van der Waals surface area contributed by atoms with Crippen LogP contribution in [0.2, 0.25) is 0 Å². The number of allylic oxidation sites excluding steroid dienone is 1. The van der Waals surface area contributed by atoms with Crippen LogP contribution < -0.4 is 5.32 Å². The fraction of sp³-hybridized carbons (Fsp3) is 0.412. The van der Waals surface area contributed by atoms with Crippen LogP contribution in [0.15, 0.2) is 42.1 Å². The number of hydrogen-bond acceptors (Lipinski definition) is 6. The Morgan fingerprint density at radius 1 is 1.28 bits per heavy atom. The maximum absolute atomic E-state index is 13.3. The summed E-state index contributed by atoms with van der Waals surface area (Å²) in [5.74, 6) is 0.689. The molecular formula is C17H21N7O. The van der Waals surface area contributed by atoms with E-state index in [0.717, 1.165) is 37.4 Å². The summed E-state index contributed by atoms with van der Waals surface area (Å²) in [6.07, 6.45) is 5.01. The van der Waals surface area contributed by atoms with E-state index in [-0.39, 0.29) is 11.9 Å². The van der Waals surface area contributed by atoms with Gasteiger partial charge in [-0.25, -0.2) is 4.68 Å². The molecule has 1 unspecified atom stereocenters. The van der Waals surface area contributed by atoms with E-state index in [1.165, 1.54) is 6.33 Å². The van der Waals surface area contributed by atoms with Crippen LogP contribution in [0.25, 0.3) is 0 Å². The van der Waals surface area contributed by atoms with Crippen molar-refractivity contribution >= 4 is 11.9 Å². The van der Waals surface area contributed by atoms with Crippen LogP contribution in [0.3, 0.4) is 0 Å². The van der Waals surface area contributed by atoms with Crippen LogP contribution in [0.4, 0.5) is 5.95 Å². The Morgan fingerprint density at radius 3 is 2.80 bits per heavy atom. The van der Waals surface area contributed by atoms with Crippen molar-refractivity contribution in [3.8, 4) is 0 Å². The van der Waals surface area contributed by atoms with Gasteiger partial charge in [0.15, 0.2) is 0 Å². The first-order valence-electron chi connectivity index (χ1n) is 8.40. The van der Waals surface area contributed by atoms with Gasteiger partial charge in [-0.15, -0.1) is 0 Å². The monoisotopic (exact) mass is 339 g/mol. The molecule has 2 aliphatic rings. The number of nitrogens with one attached hydrogen (secondary N) is 1. The molecule has 1 saturated heterocycles. The van der Waals surface area contributed by atoms with Gasteiger partial charge >= 0.3 is 0 Å². The second-order valence-electron chi connectivity index (χ2n) is 6.48. The lowest BCUT2D eigenvalue weighted by molar-refractivity contribution is -0.129. The molecule has 25 heavy (non-hydrogen) atoms. The molecule has 1 fully saturated rings. The number of anilines is 1. The molecule has 130 valence electrons. The summed E-state index contributed by atoms with van der Waals surface area (Å²) in [4.78, 5) is 25.9. The van der Waals surface area contributed by atoms with Gasteiger partial charge in [0.05, 0.1) is 5.57 Å². The lowest BCUT2D eigenvalue weighted by atomic mass is 9.95. The molecule has 0 aromatic carbocycles. The van der Waals surface area contributed by atoms with Gasteiger partial charge in [0.1, 0.15) is 12.4 Å². The fourth-order valence-corrected chi connectivity index (χ4v) is 3.39. The van der Waals surface area contributed by atoms with Crippen LogP contribution in [0, 0.1) is 0 Å². The minimum absolute atomic E-state index is 0.0492. The van der Waals surface area contributed by atoms with Gasteiger partial charge in [-0.3, -0.25) is 9.78 Å². The molecule has 1 N–H and O–H groups in total. The third-order valence-corrected chi connectivity index (χ3v) is 4.82. The number of aromatic nitrogens is 4. The van der Waals surface area contributed by atoms with Gasteiger partial charge in [-0.2, -0.15) is 10.1 Å². The van der Waals surface area contributed by atoms with Crippen molar-refractivity contribution in [2.24, 2.45) is 0 Å². The zero-order chi connectivity index (χ0) is 17.4. The number of nitrogens with zero attached hydrogens (tertiary/aromatic N) is 6. The summed E-state index contributed by atoms with van der Waals surface area (Å²) < 4.78 is 1.76. The third-order valence-electron chi connectivity index (χ3n) is 4.82. The largest absolute Gasteiger partial charge is 0.336 e. The van der Waals surface area contributed by atoms with E-state index < -0.39 is 0 Å². The lowest BCUT2D eigenvalue weighted by Crippen LogP contribution is -2.49. The predicted molar refractivity (Wildman–Crippen MR) is 92.8 cm³/mol. The molecule has 0 bridgehead atoms. The SMILES string of the molecule is CC1=C(C(=O)N2CCN(C)CC2)C(c2cccnc2)n2ncnc2N1. The lowest BCUT2D eigenvalue weighted by Gasteiger charge is -2.36. The molecule has 8 nitrogen and oxygen atoms in total. The highest BCUT2D eigenvalue weighted by Gasteiger charge is 2.36. The van der Waals surface area contributed by atoms with Crippen LogP contribution in [0.1, 0.15) is 18.5 Å². The summed E-state index contributed by atoms with van der Waals surface area (Å²) in [6.45, 7) is 5.16. The minimum atomic E-state index is -0.320. The Labute approximate surface area is 146 Å². The maximum Gasteiger partial charge on any atom is 0.254 e. The standard InChI is InChI=1S/C17H21N7O/c1-12-14(16(25)23-8-6-22(2)7-9-23)15(13-4-3-5-18-10-13)24-17(21-12)19-11-20-24/h3-5,10-11,15H,6-9H2,1-2H3,(H,19,20,21).